The van der Waals surface area contributed by atoms with Gasteiger partial charge in [0.1, 0.15) is 0 Å². The van der Waals surface area contributed by atoms with Crippen molar-refractivity contribution < 1.29 is 5.11 Å². The van der Waals surface area contributed by atoms with Crippen LogP contribution in [0.5, 0.6) is 0 Å². The van der Waals surface area contributed by atoms with E-state index in [9.17, 15) is 5.11 Å². The molecule has 1 saturated carbocycles. The van der Waals surface area contributed by atoms with Gasteiger partial charge in [0.05, 0.1) is 5.60 Å². The molecule has 2 fully saturated rings. The van der Waals surface area contributed by atoms with E-state index in [1.807, 2.05) is 0 Å². The maximum atomic E-state index is 10.1. The van der Waals surface area contributed by atoms with E-state index in [4.69, 9.17) is 0 Å². The van der Waals surface area contributed by atoms with Crippen molar-refractivity contribution in [2.45, 2.75) is 43.7 Å². The summed E-state index contributed by atoms with van der Waals surface area (Å²) < 4.78 is 0. The van der Waals surface area contributed by atoms with Crippen LogP contribution in [0.25, 0.3) is 0 Å². The largest absolute Gasteiger partial charge is 0.385 e. The molecule has 16 heavy (non-hydrogen) atoms. The van der Waals surface area contributed by atoms with Gasteiger partial charge in [0.2, 0.25) is 0 Å². The lowest BCUT2D eigenvalue weighted by molar-refractivity contribution is 0.151. The van der Waals surface area contributed by atoms with Crippen molar-refractivity contribution in [3.05, 3.63) is 35.4 Å². The fourth-order valence-corrected chi connectivity index (χ4v) is 2.70. The van der Waals surface area contributed by atoms with E-state index in [2.05, 4.69) is 36.5 Å². The molecule has 0 amide bonds. The molecule has 3 rings (SSSR count). The first-order valence-corrected chi connectivity index (χ1v) is 6.21. The summed E-state index contributed by atoms with van der Waals surface area (Å²) in [6.45, 7) is 3.36. The first kappa shape index (κ1) is 10.3. The third kappa shape index (κ3) is 1.57. The molecule has 0 bridgehead atoms. The third-order valence-electron chi connectivity index (χ3n) is 4.13. The lowest BCUT2D eigenvalue weighted by atomic mass is 9.88. The lowest BCUT2D eigenvalue weighted by Gasteiger charge is -2.26. The maximum absolute atomic E-state index is 10.1. The van der Waals surface area contributed by atoms with Gasteiger partial charge in [-0.05, 0) is 50.3 Å². The van der Waals surface area contributed by atoms with Gasteiger partial charge in [0.25, 0.3) is 0 Å². The molecular formula is C14H19NO. The van der Waals surface area contributed by atoms with Crippen LogP contribution in [0.2, 0.25) is 0 Å². The second-order valence-corrected chi connectivity index (χ2v) is 5.47. The zero-order valence-corrected chi connectivity index (χ0v) is 9.79. The van der Waals surface area contributed by atoms with Gasteiger partial charge in [-0.2, -0.15) is 0 Å². The smallest absolute Gasteiger partial charge is 0.0899 e. The number of aliphatic hydroxyl groups is 1. The zero-order valence-electron chi connectivity index (χ0n) is 9.79. The monoisotopic (exact) mass is 217 g/mol. The quantitative estimate of drug-likeness (QED) is 0.796. The molecule has 1 atom stereocenters. The van der Waals surface area contributed by atoms with E-state index in [0.29, 0.717) is 0 Å². The Morgan fingerprint density at radius 1 is 1.19 bits per heavy atom. The number of hydrogen-bond donors (Lipinski definition) is 2. The van der Waals surface area contributed by atoms with Crippen LogP contribution in [-0.2, 0) is 11.1 Å². The van der Waals surface area contributed by atoms with Gasteiger partial charge < -0.3 is 10.4 Å². The van der Waals surface area contributed by atoms with Crippen LogP contribution in [-0.4, -0.2) is 11.7 Å². The summed E-state index contributed by atoms with van der Waals surface area (Å²) in [5, 5.41) is 13.7. The summed E-state index contributed by atoms with van der Waals surface area (Å²) >= 11 is 0. The molecule has 2 aliphatic rings. The van der Waals surface area contributed by atoms with Crippen molar-refractivity contribution in [3.8, 4) is 0 Å². The van der Waals surface area contributed by atoms with Gasteiger partial charge >= 0.3 is 0 Å². The molecule has 1 aliphatic heterocycles. The second kappa shape index (κ2) is 3.31. The normalized spacial score (nSPS) is 31.6. The molecule has 0 spiro atoms. The predicted octanol–water partition coefficient (Wildman–Crippen LogP) is 2.27. The highest BCUT2D eigenvalue weighted by molar-refractivity contribution is 5.35. The van der Waals surface area contributed by atoms with Crippen molar-refractivity contribution in [1.82, 2.24) is 5.32 Å². The van der Waals surface area contributed by atoms with Crippen LogP contribution >= 0.6 is 0 Å². The van der Waals surface area contributed by atoms with Crippen molar-refractivity contribution in [2.75, 3.05) is 6.54 Å². The first-order chi connectivity index (χ1) is 7.62. The standard InChI is InChI=1S/C14H19NO/c1-13(6-3-9-15-13)11-4-2-5-12(10-11)14(16)7-8-14/h2,4-5,10,15-16H,3,6-9H2,1H3. The van der Waals surface area contributed by atoms with E-state index in [1.54, 1.807) is 0 Å². The predicted molar refractivity (Wildman–Crippen MR) is 64.2 cm³/mol. The molecule has 2 nitrogen and oxygen atoms in total. The minimum atomic E-state index is -0.509. The fourth-order valence-electron chi connectivity index (χ4n) is 2.70. The number of rotatable bonds is 2. The zero-order chi connectivity index (χ0) is 11.2. The fraction of sp³-hybridized carbons (Fsp3) is 0.571. The Hall–Kier alpha value is -0.860. The highest BCUT2D eigenvalue weighted by Gasteiger charge is 2.42. The third-order valence-corrected chi connectivity index (χ3v) is 4.13. The Bertz CT molecular complexity index is 403. The lowest BCUT2D eigenvalue weighted by Crippen LogP contribution is -2.33. The van der Waals surface area contributed by atoms with E-state index in [0.717, 1.165) is 24.9 Å². The molecule has 0 radical (unpaired) electrons. The average molecular weight is 217 g/mol. The van der Waals surface area contributed by atoms with Crippen LogP contribution in [0.3, 0.4) is 0 Å². The molecule has 1 saturated heterocycles. The van der Waals surface area contributed by atoms with Crippen LogP contribution in [0.4, 0.5) is 0 Å². The molecule has 1 aromatic rings. The van der Waals surface area contributed by atoms with Gasteiger partial charge in [-0.15, -0.1) is 0 Å². The number of nitrogens with one attached hydrogen (secondary N) is 1. The molecule has 2 N–H and O–H groups in total. The minimum Gasteiger partial charge on any atom is -0.385 e. The van der Waals surface area contributed by atoms with Crippen molar-refractivity contribution in [1.29, 1.82) is 0 Å². The van der Waals surface area contributed by atoms with Gasteiger partial charge in [-0.1, -0.05) is 24.3 Å². The Kier molecular flexibility index (Phi) is 2.13. The van der Waals surface area contributed by atoms with Crippen molar-refractivity contribution in [3.63, 3.8) is 0 Å². The molecular weight excluding hydrogens is 198 g/mol. The molecule has 1 aliphatic carbocycles. The van der Waals surface area contributed by atoms with E-state index >= 15 is 0 Å². The summed E-state index contributed by atoms with van der Waals surface area (Å²) in [5.41, 5.74) is 2.02. The van der Waals surface area contributed by atoms with Gasteiger partial charge in [0.15, 0.2) is 0 Å². The average Bonchev–Trinajstić information content (AvgIpc) is 2.89. The Labute approximate surface area is 96.7 Å². The van der Waals surface area contributed by atoms with E-state index in [1.165, 1.54) is 18.4 Å². The first-order valence-electron chi connectivity index (χ1n) is 6.21. The van der Waals surface area contributed by atoms with Crippen LogP contribution < -0.4 is 5.32 Å². The molecule has 1 aromatic carbocycles. The molecule has 86 valence electrons. The second-order valence-electron chi connectivity index (χ2n) is 5.47. The van der Waals surface area contributed by atoms with Crippen LogP contribution in [0.1, 0.15) is 43.7 Å². The van der Waals surface area contributed by atoms with Crippen LogP contribution in [0.15, 0.2) is 24.3 Å². The molecule has 1 unspecified atom stereocenters. The van der Waals surface area contributed by atoms with E-state index in [-0.39, 0.29) is 5.54 Å². The van der Waals surface area contributed by atoms with E-state index < -0.39 is 5.60 Å². The van der Waals surface area contributed by atoms with Crippen LogP contribution in [0, 0.1) is 0 Å². The summed E-state index contributed by atoms with van der Waals surface area (Å²) in [6.07, 6.45) is 4.26. The summed E-state index contributed by atoms with van der Waals surface area (Å²) in [5.74, 6) is 0. The Morgan fingerprint density at radius 2 is 1.94 bits per heavy atom. The number of benzene rings is 1. The summed E-state index contributed by atoms with van der Waals surface area (Å²) in [7, 11) is 0. The topological polar surface area (TPSA) is 32.3 Å². The highest BCUT2D eigenvalue weighted by atomic mass is 16.3. The minimum absolute atomic E-state index is 0.112. The molecule has 2 heteroatoms. The van der Waals surface area contributed by atoms with Gasteiger partial charge in [-0.25, -0.2) is 0 Å². The van der Waals surface area contributed by atoms with Gasteiger partial charge in [-0.3, -0.25) is 0 Å². The molecule has 0 aromatic heterocycles. The SMILES string of the molecule is CC1(c2cccc(C3(O)CC3)c2)CCCN1. The summed E-state index contributed by atoms with van der Waals surface area (Å²) in [4.78, 5) is 0. The maximum Gasteiger partial charge on any atom is 0.0899 e. The molecule has 1 heterocycles. The summed E-state index contributed by atoms with van der Waals surface area (Å²) in [6, 6.07) is 8.49. The highest BCUT2D eigenvalue weighted by Crippen LogP contribution is 2.46. The Balaban J connectivity index is 1.96. The Morgan fingerprint density at radius 3 is 2.56 bits per heavy atom. The van der Waals surface area contributed by atoms with Crippen molar-refractivity contribution >= 4 is 0 Å². The van der Waals surface area contributed by atoms with Gasteiger partial charge in [0, 0.05) is 5.54 Å². The van der Waals surface area contributed by atoms with Crippen molar-refractivity contribution in [2.24, 2.45) is 0 Å². The number of hydrogen-bond acceptors (Lipinski definition) is 2.